The van der Waals surface area contributed by atoms with Gasteiger partial charge in [0.05, 0.1) is 27.0 Å². The van der Waals surface area contributed by atoms with Crippen LogP contribution in [0.3, 0.4) is 0 Å². The number of carbonyl (C=O) groups excluding carboxylic acids is 1. The Kier molecular flexibility index (Phi) is 6.46. The van der Waals surface area contributed by atoms with E-state index in [9.17, 15) is 9.18 Å². The lowest BCUT2D eigenvalue weighted by molar-refractivity contribution is -0.111. The van der Waals surface area contributed by atoms with Crippen LogP contribution in [-0.2, 0) is 4.79 Å². The van der Waals surface area contributed by atoms with Crippen molar-refractivity contribution in [2.24, 2.45) is 0 Å². The number of amides is 1. The number of benzene rings is 2. The minimum Gasteiger partial charge on any atom is -0.493 e. The van der Waals surface area contributed by atoms with Crippen molar-refractivity contribution in [3.8, 4) is 28.5 Å². The molecule has 0 radical (unpaired) electrons. The molecule has 29 heavy (non-hydrogen) atoms. The second-order valence-corrected chi connectivity index (χ2v) is 6.68. The molecule has 0 aliphatic heterocycles. The highest BCUT2D eigenvalue weighted by Gasteiger charge is 2.12. The molecule has 0 saturated carbocycles. The van der Waals surface area contributed by atoms with E-state index in [1.807, 2.05) is 0 Å². The minimum atomic E-state index is -0.334. The van der Waals surface area contributed by atoms with Crippen molar-refractivity contribution in [1.82, 2.24) is 4.98 Å². The molecular formula is C21H19FN2O4S. The smallest absolute Gasteiger partial charge is 0.250 e. The van der Waals surface area contributed by atoms with Crippen molar-refractivity contribution in [3.05, 3.63) is 59.2 Å². The summed E-state index contributed by atoms with van der Waals surface area (Å²) in [5.74, 6) is 0.826. The van der Waals surface area contributed by atoms with Crippen LogP contribution in [0.25, 0.3) is 17.3 Å². The van der Waals surface area contributed by atoms with E-state index in [0.29, 0.717) is 33.6 Å². The third-order valence-corrected chi connectivity index (χ3v) is 4.75. The Hall–Kier alpha value is -3.39. The van der Waals surface area contributed by atoms with E-state index in [1.54, 1.807) is 35.7 Å². The van der Waals surface area contributed by atoms with Gasteiger partial charge in [0.15, 0.2) is 16.6 Å². The van der Waals surface area contributed by atoms with Crippen LogP contribution in [-0.4, -0.2) is 32.2 Å². The van der Waals surface area contributed by atoms with Crippen molar-refractivity contribution in [2.75, 3.05) is 26.6 Å². The second-order valence-electron chi connectivity index (χ2n) is 5.83. The van der Waals surface area contributed by atoms with Gasteiger partial charge >= 0.3 is 0 Å². The fourth-order valence-electron chi connectivity index (χ4n) is 2.60. The van der Waals surface area contributed by atoms with Gasteiger partial charge < -0.3 is 14.2 Å². The molecule has 0 fully saturated rings. The van der Waals surface area contributed by atoms with Gasteiger partial charge in [-0.25, -0.2) is 9.37 Å². The first kappa shape index (κ1) is 20.3. The summed E-state index contributed by atoms with van der Waals surface area (Å²) in [5, 5.41) is 4.96. The maximum absolute atomic E-state index is 13.0. The van der Waals surface area contributed by atoms with Crippen LogP contribution < -0.4 is 19.5 Å². The molecular weight excluding hydrogens is 395 g/mol. The van der Waals surface area contributed by atoms with E-state index >= 15 is 0 Å². The van der Waals surface area contributed by atoms with Crippen LogP contribution in [0.15, 0.2) is 47.9 Å². The number of hydrogen-bond donors (Lipinski definition) is 1. The van der Waals surface area contributed by atoms with E-state index in [2.05, 4.69) is 10.3 Å². The van der Waals surface area contributed by atoms with Crippen LogP contribution in [0.1, 0.15) is 5.56 Å². The largest absolute Gasteiger partial charge is 0.493 e. The highest BCUT2D eigenvalue weighted by Crippen LogP contribution is 2.38. The van der Waals surface area contributed by atoms with E-state index in [0.717, 1.165) is 5.56 Å². The third kappa shape index (κ3) is 4.91. The summed E-state index contributed by atoms with van der Waals surface area (Å²) in [4.78, 5) is 16.6. The van der Waals surface area contributed by atoms with E-state index < -0.39 is 0 Å². The zero-order chi connectivity index (χ0) is 20.8. The van der Waals surface area contributed by atoms with Gasteiger partial charge in [-0.1, -0.05) is 0 Å². The summed E-state index contributed by atoms with van der Waals surface area (Å²) in [6, 6.07) is 9.49. The molecule has 6 nitrogen and oxygen atoms in total. The van der Waals surface area contributed by atoms with Crippen LogP contribution in [0.4, 0.5) is 9.52 Å². The van der Waals surface area contributed by atoms with E-state index in [1.165, 1.54) is 50.9 Å². The first-order valence-electron chi connectivity index (χ1n) is 8.54. The SMILES string of the molecule is COc1cc(C=CC(=O)Nc2nc(-c3ccc(F)cc3)cs2)cc(OC)c1OC. The van der Waals surface area contributed by atoms with E-state index in [4.69, 9.17) is 14.2 Å². The average molecular weight is 414 g/mol. The molecule has 1 aromatic heterocycles. The molecule has 0 atom stereocenters. The molecule has 3 aromatic rings. The highest BCUT2D eigenvalue weighted by atomic mass is 32.1. The number of aromatic nitrogens is 1. The van der Waals surface area contributed by atoms with Gasteiger partial charge in [-0.05, 0) is 48.0 Å². The van der Waals surface area contributed by atoms with Gasteiger partial charge in [0, 0.05) is 17.0 Å². The molecule has 8 heteroatoms. The molecule has 0 saturated heterocycles. The van der Waals surface area contributed by atoms with Gasteiger partial charge in [-0.2, -0.15) is 0 Å². The summed E-state index contributed by atoms with van der Waals surface area (Å²) in [5.41, 5.74) is 2.15. The lowest BCUT2D eigenvalue weighted by Gasteiger charge is -2.12. The minimum absolute atomic E-state index is 0.311. The van der Waals surface area contributed by atoms with Crippen molar-refractivity contribution >= 4 is 28.5 Å². The van der Waals surface area contributed by atoms with Crippen LogP contribution in [0.5, 0.6) is 17.2 Å². The first-order valence-corrected chi connectivity index (χ1v) is 9.42. The summed E-state index contributed by atoms with van der Waals surface area (Å²) >= 11 is 1.29. The number of ether oxygens (including phenoxy) is 3. The quantitative estimate of drug-likeness (QED) is 0.571. The Bertz CT molecular complexity index is 1010. The topological polar surface area (TPSA) is 69.7 Å². The molecule has 0 aliphatic carbocycles. The molecule has 3 rings (SSSR count). The molecule has 150 valence electrons. The maximum Gasteiger partial charge on any atom is 0.250 e. The van der Waals surface area contributed by atoms with Crippen LogP contribution in [0.2, 0.25) is 0 Å². The van der Waals surface area contributed by atoms with Crippen molar-refractivity contribution < 1.29 is 23.4 Å². The van der Waals surface area contributed by atoms with Gasteiger partial charge in [0.2, 0.25) is 11.7 Å². The lowest BCUT2D eigenvalue weighted by atomic mass is 10.1. The number of carbonyl (C=O) groups is 1. The lowest BCUT2D eigenvalue weighted by Crippen LogP contribution is -2.07. The summed E-state index contributed by atoms with van der Waals surface area (Å²) in [6.07, 6.45) is 3.02. The Morgan fingerprint density at radius 2 is 1.72 bits per heavy atom. The second kappa shape index (κ2) is 9.20. The molecule has 2 aromatic carbocycles. The summed E-state index contributed by atoms with van der Waals surface area (Å²) < 4.78 is 28.9. The average Bonchev–Trinajstić information content (AvgIpc) is 3.20. The van der Waals surface area contributed by atoms with Gasteiger partial charge in [-0.15, -0.1) is 11.3 Å². The monoisotopic (exact) mass is 414 g/mol. The fraction of sp³-hybridized carbons (Fsp3) is 0.143. The Balaban J connectivity index is 1.71. The Morgan fingerprint density at radius 3 is 2.31 bits per heavy atom. The first-order chi connectivity index (χ1) is 14.0. The number of methoxy groups -OCH3 is 3. The zero-order valence-electron chi connectivity index (χ0n) is 16.1. The Labute approximate surface area is 171 Å². The van der Waals surface area contributed by atoms with Crippen LogP contribution >= 0.6 is 11.3 Å². The maximum atomic E-state index is 13.0. The third-order valence-electron chi connectivity index (χ3n) is 3.99. The number of nitrogens with zero attached hydrogens (tertiary/aromatic N) is 1. The van der Waals surface area contributed by atoms with Crippen molar-refractivity contribution in [2.45, 2.75) is 0 Å². The molecule has 0 spiro atoms. The number of nitrogens with one attached hydrogen (secondary N) is 1. The molecule has 0 aliphatic rings. The summed E-state index contributed by atoms with van der Waals surface area (Å²) in [6.45, 7) is 0. The fourth-order valence-corrected chi connectivity index (χ4v) is 3.32. The number of halogens is 1. The Morgan fingerprint density at radius 1 is 1.07 bits per heavy atom. The molecule has 1 amide bonds. The zero-order valence-corrected chi connectivity index (χ0v) is 16.9. The van der Waals surface area contributed by atoms with Crippen molar-refractivity contribution in [3.63, 3.8) is 0 Å². The number of anilines is 1. The van der Waals surface area contributed by atoms with Gasteiger partial charge in [0.25, 0.3) is 0 Å². The van der Waals surface area contributed by atoms with Gasteiger partial charge in [-0.3, -0.25) is 10.1 Å². The summed E-state index contributed by atoms with van der Waals surface area (Å²) in [7, 11) is 4.58. The predicted molar refractivity (Wildman–Crippen MR) is 111 cm³/mol. The molecule has 1 heterocycles. The van der Waals surface area contributed by atoms with Gasteiger partial charge in [0.1, 0.15) is 5.82 Å². The number of hydrogen-bond acceptors (Lipinski definition) is 6. The number of thiazole rings is 1. The molecule has 0 unspecified atom stereocenters. The highest BCUT2D eigenvalue weighted by molar-refractivity contribution is 7.14. The molecule has 0 bridgehead atoms. The van der Waals surface area contributed by atoms with Crippen LogP contribution in [0, 0.1) is 5.82 Å². The van der Waals surface area contributed by atoms with E-state index in [-0.39, 0.29) is 11.7 Å². The van der Waals surface area contributed by atoms with Crippen molar-refractivity contribution in [1.29, 1.82) is 0 Å². The normalized spacial score (nSPS) is 10.8. The molecule has 1 N–H and O–H groups in total. The predicted octanol–water partition coefficient (Wildman–Crippen LogP) is 4.63. The standard InChI is InChI=1S/C21H19FN2O4S/c1-26-17-10-13(11-18(27-2)20(17)28-3)4-9-19(25)24-21-23-16(12-29-21)14-5-7-15(22)8-6-14/h4-12H,1-3H3,(H,23,24,25). The number of rotatable bonds is 7.